The Hall–Kier alpha value is -2.67. The maximum Gasteiger partial charge on any atom is 0.263 e. The fraction of sp³-hybridized carbons (Fsp3) is 0.333. The summed E-state index contributed by atoms with van der Waals surface area (Å²) in [6, 6.07) is 13.7. The molecule has 0 saturated carbocycles. The van der Waals surface area contributed by atoms with Crippen molar-refractivity contribution < 1.29 is 13.2 Å². The summed E-state index contributed by atoms with van der Waals surface area (Å²) in [4.78, 5) is 17.5. The molecule has 1 aliphatic heterocycles. The van der Waals surface area contributed by atoms with Crippen LogP contribution in [0.1, 0.15) is 38.3 Å². The van der Waals surface area contributed by atoms with Crippen molar-refractivity contribution >= 4 is 27.5 Å². The Bertz CT molecular complexity index is 996. The fourth-order valence-electron chi connectivity index (χ4n) is 3.14. The summed E-state index contributed by atoms with van der Waals surface area (Å²) in [5.74, 6) is -0.166. The van der Waals surface area contributed by atoms with Gasteiger partial charge in [-0.1, -0.05) is 51.5 Å². The van der Waals surface area contributed by atoms with Crippen molar-refractivity contribution in [1.82, 2.24) is 4.72 Å². The van der Waals surface area contributed by atoms with Gasteiger partial charge in [0.05, 0.1) is 4.90 Å². The number of benzene rings is 2. The van der Waals surface area contributed by atoms with Crippen molar-refractivity contribution in [1.29, 1.82) is 0 Å². The molecule has 0 aliphatic carbocycles. The smallest absolute Gasteiger partial charge is 0.263 e. The second-order valence-electron chi connectivity index (χ2n) is 7.20. The van der Waals surface area contributed by atoms with Gasteiger partial charge < -0.3 is 5.32 Å². The van der Waals surface area contributed by atoms with Gasteiger partial charge in [0.25, 0.3) is 10.0 Å². The average Bonchev–Trinajstić information content (AvgIpc) is 2.92. The van der Waals surface area contributed by atoms with Crippen LogP contribution in [0, 0.1) is 5.92 Å². The zero-order chi connectivity index (χ0) is 20.3. The number of hydrogen-bond donors (Lipinski definition) is 2. The standard InChI is InChI=1S/C21H25N3O3S/c1-4-7-15-10-12-16(13-11-15)22-21(25)19(14(2)3)23-20-17-8-5-6-9-18(17)28(26,27)24-20/h5-6,8-14,19H,4,7H2,1-3H3,(H,22,25)(H,23,24)/t19-/m1/s1. The van der Waals surface area contributed by atoms with Crippen molar-refractivity contribution in [2.24, 2.45) is 10.9 Å². The zero-order valence-electron chi connectivity index (χ0n) is 16.3. The number of anilines is 1. The second kappa shape index (κ2) is 8.14. The number of aliphatic imine (C=N–C) groups is 1. The van der Waals surface area contributed by atoms with Crippen molar-refractivity contribution in [3.63, 3.8) is 0 Å². The third-order valence-electron chi connectivity index (χ3n) is 4.59. The number of carbonyl (C=O) groups is 1. The molecule has 7 heteroatoms. The van der Waals surface area contributed by atoms with Gasteiger partial charge in [0, 0.05) is 11.3 Å². The summed E-state index contributed by atoms with van der Waals surface area (Å²) in [7, 11) is -3.63. The van der Waals surface area contributed by atoms with Gasteiger partial charge in [-0.3, -0.25) is 14.5 Å². The lowest BCUT2D eigenvalue weighted by atomic mass is 10.0. The van der Waals surface area contributed by atoms with Crippen LogP contribution in [-0.4, -0.2) is 26.2 Å². The number of amidine groups is 1. The van der Waals surface area contributed by atoms with Crippen LogP contribution in [0.4, 0.5) is 5.69 Å². The molecule has 2 aromatic rings. The number of sulfonamides is 1. The molecule has 2 aromatic carbocycles. The number of aryl methyl sites for hydroxylation is 1. The highest BCUT2D eigenvalue weighted by atomic mass is 32.2. The molecule has 6 nitrogen and oxygen atoms in total. The van der Waals surface area contributed by atoms with Gasteiger partial charge in [-0.05, 0) is 42.2 Å². The lowest BCUT2D eigenvalue weighted by Gasteiger charge is -2.17. The molecule has 0 bridgehead atoms. The van der Waals surface area contributed by atoms with Gasteiger partial charge in [0.2, 0.25) is 5.91 Å². The molecular weight excluding hydrogens is 374 g/mol. The SMILES string of the molecule is CCCc1ccc(NC(=O)[C@H](N=C2NS(=O)(=O)c3ccccc32)C(C)C)cc1. The maximum atomic E-state index is 12.8. The highest BCUT2D eigenvalue weighted by Crippen LogP contribution is 2.24. The molecule has 148 valence electrons. The van der Waals surface area contributed by atoms with E-state index in [0.717, 1.165) is 12.8 Å². The summed E-state index contributed by atoms with van der Waals surface area (Å²) >= 11 is 0. The van der Waals surface area contributed by atoms with Gasteiger partial charge in [-0.25, -0.2) is 8.42 Å². The molecule has 28 heavy (non-hydrogen) atoms. The number of nitrogens with one attached hydrogen (secondary N) is 2. The summed E-state index contributed by atoms with van der Waals surface area (Å²) in [6.45, 7) is 5.89. The highest BCUT2D eigenvalue weighted by molar-refractivity contribution is 7.90. The van der Waals surface area contributed by atoms with Crippen LogP contribution < -0.4 is 10.0 Å². The van der Waals surface area contributed by atoms with Crippen molar-refractivity contribution in [2.75, 3.05) is 5.32 Å². The van der Waals surface area contributed by atoms with E-state index in [1.54, 1.807) is 18.2 Å². The Kier molecular flexibility index (Phi) is 5.84. The molecule has 1 atom stereocenters. The van der Waals surface area contributed by atoms with Crippen LogP contribution in [0.25, 0.3) is 0 Å². The van der Waals surface area contributed by atoms with Gasteiger partial charge in [-0.2, -0.15) is 0 Å². The van der Waals surface area contributed by atoms with E-state index in [0.29, 0.717) is 11.3 Å². The minimum Gasteiger partial charge on any atom is -0.324 e. The maximum absolute atomic E-state index is 12.8. The highest BCUT2D eigenvalue weighted by Gasteiger charge is 2.32. The van der Waals surface area contributed by atoms with Gasteiger partial charge in [-0.15, -0.1) is 0 Å². The number of nitrogens with zero attached hydrogens (tertiary/aromatic N) is 1. The summed E-state index contributed by atoms with van der Waals surface area (Å²) in [5, 5.41) is 2.89. The van der Waals surface area contributed by atoms with Gasteiger partial charge in [0.15, 0.2) is 0 Å². The molecule has 0 unspecified atom stereocenters. The predicted octanol–water partition coefficient (Wildman–Crippen LogP) is 3.34. The Balaban J connectivity index is 1.84. The molecule has 0 fully saturated rings. The largest absolute Gasteiger partial charge is 0.324 e. The molecule has 0 radical (unpaired) electrons. The Morgan fingerprint density at radius 2 is 1.79 bits per heavy atom. The fourth-order valence-corrected chi connectivity index (χ4v) is 4.38. The van der Waals surface area contributed by atoms with Gasteiger partial charge >= 0.3 is 0 Å². The van der Waals surface area contributed by atoms with E-state index < -0.39 is 16.1 Å². The molecule has 0 aromatic heterocycles. The van der Waals surface area contributed by atoms with Crippen LogP contribution in [0.15, 0.2) is 58.4 Å². The number of carbonyl (C=O) groups excluding carboxylic acids is 1. The predicted molar refractivity (Wildman–Crippen MR) is 111 cm³/mol. The molecule has 1 amide bonds. The number of hydrogen-bond acceptors (Lipinski definition) is 4. The molecular formula is C21H25N3O3S. The second-order valence-corrected chi connectivity index (χ2v) is 8.86. The van der Waals surface area contributed by atoms with Crippen LogP contribution in [0.5, 0.6) is 0 Å². The first-order valence-electron chi connectivity index (χ1n) is 9.41. The summed E-state index contributed by atoms with van der Waals surface area (Å²) in [5.41, 5.74) is 2.41. The molecule has 3 rings (SSSR count). The summed E-state index contributed by atoms with van der Waals surface area (Å²) < 4.78 is 27.0. The summed E-state index contributed by atoms with van der Waals surface area (Å²) in [6.07, 6.45) is 2.06. The zero-order valence-corrected chi connectivity index (χ0v) is 17.1. The minimum absolute atomic E-state index is 0.107. The van der Waals surface area contributed by atoms with Crippen molar-refractivity contribution in [3.05, 3.63) is 59.7 Å². The van der Waals surface area contributed by atoms with Crippen LogP contribution in [-0.2, 0) is 21.2 Å². The number of rotatable bonds is 6. The molecule has 1 heterocycles. The third-order valence-corrected chi connectivity index (χ3v) is 5.99. The Morgan fingerprint density at radius 1 is 1.11 bits per heavy atom. The molecule has 0 spiro atoms. The van der Waals surface area contributed by atoms with E-state index in [1.807, 2.05) is 38.1 Å². The Morgan fingerprint density at radius 3 is 2.43 bits per heavy atom. The van der Waals surface area contributed by atoms with E-state index in [4.69, 9.17) is 0 Å². The topological polar surface area (TPSA) is 87.6 Å². The van der Waals surface area contributed by atoms with E-state index in [1.165, 1.54) is 11.6 Å². The average molecular weight is 400 g/mol. The molecule has 1 aliphatic rings. The normalized spacial score (nSPS) is 17.2. The first-order chi connectivity index (χ1) is 13.3. The van der Waals surface area contributed by atoms with Crippen molar-refractivity contribution in [3.8, 4) is 0 Å². The minimum atomic E-state index is -3.63. The number of fused-ring (bicyclic) bond motifs is 1. The van der Waals surface area contributed by atoms with Gasteiger partial charge in [0.1, 0.15) is 11.9 Å². The van der Waals surface area contributed by atoms with E-state index >= 15 is 0 Å². The quantitative estimate of drug-likeness (QED) is 0.781. The van der Waals surface area contributed by atoms with Crippen LogP contribution in [0.3, 0.4) is 0 Å². The van der Waals surface area contributed by atoms with E-state index in [2.05, 4.69) is 22.0 Å². The number of amides is 1. The molecule has 2 N–H and O–H groups in total. The monoisotopic (exact) mass is 399 g/mol. The lowest BCUT2D eigenvalue weighted by Crippen LogP contribution is -2.34. The van der Waals surface area contributed by atoms with E-state index in [-0.39, 0.29) is 22.6 Å². The Labute approximate surface area is 166 Å². The molecule has 0 saturated heterocycles. The first-order valence-corrected chi connectivity index (χ1v) is 10.9. The first kappa shape index (κ1) is 20.1. The van der Waals surface area contributed by atoms with Crippen molar-refractivity contribution in [2.45, 2.75) is 44.6 Å². The lowest BCUT2D eigenvalue weighted by molar-refractivity contribution is -0.118. The van der Waals surface area contributed by atoms with Crippen LogP contribution in [0.2, 0.25) is 0 Å². The van der Waals surface area contributed by atoms with Crippen LogP contribution >= 0.6 is 0 Å². The van der Waals surface area contributed by atoms with E-state index in [9.17, 15) is 13.2 Å². The third kappa shape index (κ3) is 4.25.